The molecule has 4 nitrogen and oxygen atoms in total. The minimum atomic E-state index is -0.337. The van der Waals surface area contributed by atoms with E-state index in [0.717, 1.165) is 11.1 Å². The summed E-state index contributed by atoms with van der Waals surface area (Å²) in [4.78, 5) is 11.7. The lowest BCUT2D eigenvalue weighted by atomic mass is 10.1. The Hall–Kier alpha value is -2.41. The van der Waals surface area contributed by atoms with Crippen LogP contribution in [-0.2, 0) is 6.54 Å². The quantitative estimate of drug-likeness (QED) is 0.806. The number of aryl methyl sites for hydroxylation is 2. The maximum atomic E-state index is 11.7. The molecule has 18 heavy (non-hydrogen) atoms. The van der Waals surface area contributed by atoms with Crippen molar-refractivity contribution in [1.29, 1.82) is 5.26 Å². The molecule has 1 heterocycles. The fourth-order valence-electron chi connectivity index (χ4n) is 1.70. The van der Waals surface area contributed by atoms with Crippen LogP contribution in [0.3, 0.4) is 0 Å². The fraction of sp³-hybridized carbons (Fsp3) is 0.214. The molecule has 0 aliphatic rings. The summed E-state index contributed by atoms with van der Waals surface area (Å²) < 4.78 is 1.31. The van der Waals surface area contributed by atoms with Gasteiger partial charge in [0, 0.05) is 12.1 Å². The largest absolute Gasteiger partial charge is 0.284 e. The summed E-state index contributed by atoms with van der Waals surface area (Å²) in [5.41, 5.74) is 2.49. The summed E-state index contributed by atoms with van der Waals surface area (Å²) in [6, 6.07) is 11.3. The molecule has 0 spiro atoms. The Morgan fingerprint density at radius 3 is 2.56 bits per heavy atom. The molecule has 4 heteroatoms. The molecule has 0 radical (unpaired) electrons. The maximum Gasteiger partial charge on any atom is 0.284 e. The average molecular weight is 239 g/mol. The molecule has 0 fully saturated rings. The van der Waals surface area contributed by atoms with Crippen LogP contribution < -0.4 is 5.56 Å². The van der Waals surface area contributed by atoms with Gasteiger partial charge >= 0.3 is 0 Å². The monoisotopic (exact) mass is 239 g/mol. The van der Waals surface area contributed by atoms with E-state index in [1.807, 2.05) is 44.2 Å². The van der Waals surface area contributed by atoms with Gasteiger partial charge in [-0.1, -0.05) is 29.8 Å². The topological polar surface area (TPSA) is 58.7 Å². The molecule has 0 N–H and O–H groups in total. The minimum Gasteiger partial charge on any atom is -0.266 e. The van der Waals surface area contributed by atoms with Gasteiger partial charge in [0.05, 0.1) is 5.69 Å². The van der Waals surface area contributed by atoms with E-state index in [0.29, 0.717) is 12.2 Å². The summed E-state index contributed by atoms with van der Waals surface area (Å²) >= 11 is 0. The van der Waals surface area contributed by atoms with Crippen molar-refractivity contribution in [2.75, 3.05) is 0 Å². The third kappa shape index (κ3) is 2.16. The maximum absolute atomic E-state index is 11.7. The molecular formula is C14H13N3O. The molecule has 1 aromatic heterocycles. The second-order valence-corrected chi connectivity index (χ2v) is 4.04. The normalized spacial score (nSPS) is 10.1. The molecule has 0 amide bonds. The van der Waals surface area contributed by atoms with Crippen LogP contribution in [0, 0.1) is 18.3 Å². The van der Waals surface area contributed by atoms with Gasteiger partial charge in [0.1, 0.15) is 11.6 Å². The highest BCUT2D eigenvalue weighted by Gasteiger charge is 2.08. The summed E-state index contributed by atoms with van der Waals surface area (Å²) in [5, 5.41) is 13.2. The Kier molecular flexibility index (Phi) is 3.24. The van der Waals surface area contributed by atoms with Crippen molar-refractivity contribution in [3.63, 3.8) is 0 Å². The molecule has 0 saturated carbocycles. The van der Waals surface area contributed by atoms with Crippen LogP contribution in [0.4, 0.5) is 0 Å². The van der Waals surface area contributed by atoms with Crippen molar-refractivity contribution in [3.8, 4) is 17.3 Å². The first-order valence-electron chi connectivity index (χ1n) is 5.75. The third-order valence-corrected chi connectivity index (χ3v) is 2.74. The molecule has 0 aliphatic heterocycles. The Labute approximate surface area is 105 Å². The van der Waals surface area contributed by atoms with E-state index in [-0.39, 0.29) is 11.1 Å². The van der Waals surface area contributed by atoms with Crippen LogP contribution in [0.25, 0.3) is 11.3 Å². The van der Waals surface area contributed by atoms with Crippen molar-refractivity contribution in [1.82, 2.24) is 9.78 Å². The molecule has 1 aromatic carbocycles. The summed E-state index contributed by atoms with van der Waals surface area (Å²) in [5.74, 6) is 0. The minimum absolute atomic E-state index is 0.127. The molecule has 2 aromatic rings. The molecular weight excluding hydrogens is 226 g/mol. The first-order valence-corrected chi connectivity index (χ1v) is 5.75. The SMILES string of the molecule is CCn1nc(-c2ccc(C)cc2)cc(C#N)c1=O. The summed E-state index contributed by atoms with van der Waals surface area (Å²) in [6.45, 7) is 4.28. The van der Waals surface area contributed by atoms with E-state index in [1.165, 1.54) is 4.68 Å². The van der Waals surface area contributed by atoms with E-state index >= 15 is 0 Å². The Bertz CT molecular complexity index is 663. The van der Waals surface area contributed by atoms with Crippen LogP contribution in [0.2, 0.25) is 0 Å². The van der Waals surface area contributed by atoms with Gasteiger partial charge in [0.2, 0.25) is 0 Å². The molecule has 0 unspecified atom stereocenters. The second-order valence-electron chi connectivity index (χ2n) is 4.04. The highest BCUT2D eigenvalue weighted by molar-refractivity contribution is 5.60. The van der Waals surface area contributed by atoms with Gasteiger partial charge < -0.3 is 0 Å². The molecule has 90 valence electrons. The standard InChI is InChI=1S/C14H13N3O/c1-3-17-14(18)12(9-15)8-13(16-17)11-6-4-10(2)5-7-11/h4-8H,3H2,1-2H3. The van der Waals surface area contributed by atoms with Crippen molar-refractivity contribution < 1.29 is 0 Å². The van der Waals surface area contributed by atoms with E-state index in [4.69, 9.17) is 5.26 Å². The van der Waals surface area contributed by atoms with Gasteiger partial charge in [-0.15, -0.1) is 0 Å². The number of hydrogen-bond donors (Lipinski definition) is 0. The zero-order valence-electron chi connectivity index (χ0n) is 10.3. The van der Waals surface area contributed by atoms with Crippen LogP contribution in [0.15, 0.2) is 35.1 Å². The van der Waals surface area contributed by atoms with Crippen LogP contribution >= 0.6 is 0 Å². The van der Waals surface area contributed by atoms with Crippen molar-refractivity contribution in [2.24, 2.45) is 0 Å². The van der Waals surface area contributed by atoms with Crippen LogP contribution in [0.1, 0.15) is 18.1 Å². The number of nitriles is 1. The van der Waals surface area contributed by atoms with E-state index in [2.05, 4.69) is 5.10 Å². The Morgan fingerprint density at radius 1 is 1.33 bits per heavy atom. The first kappa shape index (κ1) is 12.1. The van der Waals surface area contributed by atoms with Gasteiger partial charge in [-0.25, -0.2) is 4.68 Å². The zero-order chi connectivity index (χ0) is 13.1. The highest BCUT2D eigenvalue weighted by Crippen LogP contribution is 2.16. The lowest BCUT2D eigenvalue weighted by molar-refractivity contribution is 0.617. The molecule has 0 bridgehead atoms. The predicted molar refractivity (Wildman–Crippen MR) is 69.1 cm³/mol. The predicted octanol–water partition coefficient (Wildman–Crippen LogP) is 2.11. The van der Waals surface area contributed by atoms with E-state index in [1.54, 1.807) is 6.07 Å². The molecule has 0 atom stereocenters. The Balaban J connectivity index is 2.62. The van der Waals surface area contributed by atoms with Crippen LogP contribution in [-0.4, -0.2) is 9.78 Å². The number of aromatic nitrogens is 2. The second kappa shape index (κ2) is 4.84. The lowest BCUT2D eigenvalue weighted by Gasteiger charge is -2.06. The van der Waals surface area contributed by atoms with Gasteiger partial charge in [0.25, 0.3) is 5.56 Å². The van der Waals surface area contributed by atoms with Gasteiger partial charge in [-0.2, -0.15) is 10.4 Å². The fourth-order valence-corrected chi connectivity index (χ4v) is 1.70. The van der Waals surface area contributed by atoms with Crippen molar-refractivity contribution in [3.05, 3.63) is 51.8 Å². The van der Waals surface area contributed by atoms with Gasteiger partial charge in [-0.05, 0) is 19.9 Å². The van der Waals surface area contributed by atoms with Gasteiger partial charge in [0.15, 0.2) is 0 Å². The first-order chi connectivity index (χ1) is 8.65. The average Bonchev–Trinajstić information content (AvgIpc) is 2.40. The Morgan fingerprint density at radius 2 is 2.00 bits per heavy atom. The third-order valence-electron chi connectivity index (χ3n) is 2.74. The molecule has 0 saturated heterocycles. The van der Waals surface area contributed by atoms with E-state index < -0.39 is 0 Å². The smallest absolute Gasteiger partial charge is 0.266 e. The zero-order valence-corrected chi connectivity index (χ0v) is 10.3. The lowest BCUT2D eigenvalue weighted by Crippen LogP contribution is -2.24. The number of nitrogens with zero attached hydrogens (tertiary/aromatic N) is 3. The highest BCUT2D eigenvalue weighted by atomic mass is 16.1. The molecule has 2 rings (SSSR count). The van der Waals surface area contributed by atoms with Crippen LogP contribution in [0.5, 0.6) is 0 Å². The summed E-state index contributed by atoms with van der Waals surface area (Å²) in [6.07, 6.45) is 0. The van der Waals surface area contributed by atoms with E-state index in [9.17, 15) is 4.79 Å². The number of benzene rings is 1. The van der Waals surface area contributed by atoms with Crippen molar-refractivity contribution >= 4 is 0 Å². The van der Waals surface area contributed by atoms with Crippen molar-refractivity contribution in [2.45, 2.75) is 20.4 Å². The summed E-state index contributed by atoms with van der Waals surface area (Å²) in [7, 11) is 0. The number of hydrogen-bond acceptors (Lipinski definition) is 3. The van der Waals surface area contributed by atoms with Gasteiger partial charge in [-0.3, -0.25) is 4.79 Å². The number of rotatable bonds is 2. The molecule has 0 aliphatic carbocycles.